The first-order valence-corrected chi connectivity index (χ1v) is 12.3. The lowest BCUT2D eigenvalue weighted by molar-refractivity contribution is -0.137. The van der Waals surface area contributed by atoms with Crippen molar-refractivity contribution in [1.82, 2.24) is 5.32 Å². The molecule has 9 heteroatoms. The van der Waals surface area contributed by atoms with E-state index in [2.05, 4.69) is 10.6 Å². The summed E-state index contributed by atoms with van der Waals surface area (Å²) in [5.74, 6) is -1.13. The number of thiophene rings is 1. The van der Waals surface area contributed by atoms with E-state index in [4.69, 9.17) is 4.74 Å². The number of fused-ring (bicyclic) bond motifs is 2. The van der Waals surface area contributed by atoms with Crippen molar-refractivity contribution in [2.24, 2.45) is 0 Å². The lowest BCUT2D eigenvalue weighted by atomic mass is 9.88. The molecule has 5 rings (SSSR count). The van der Waals surface area contributed by atoms with Gasteiger partial charge in [-0.15, -0.1) is 11.3 Å². The van der Waals surface area contributed by atoms with Crippen LogP contribution in [0.4, 0.5) is 11.4 Å². The zero-order chi connectivity index (χ0) is 24.4. The molecule has 3 heterocycles. The van der Waals surface area contributed by atoms with Crippen LogP contribution in [0.1, 0.15) is 33.6 Å². The Morgan fingerprint density at radius 1 is 1.09 bits per heavy atom. The first-order chi connectivity index (χ1) is 16.9. The number of amides is 3. The maximum absolute atomic E-state index is 12.9. The largest absolute Gasteiger partial charge is 0.493 e. The van der Waals surface area contributed by atoms with Crippen LogP contribution in [0.3, 0.4) is 0 Å². The van der Waals surface area contributed by atoms with Crippen molar-refractivity contribution in [3.05, 3.63) is 76.0 Å². The first-order valence-electron chi connectivity index (χ1n) is 11.5. The minimum Gasteiger partial charge on any atom is -0.493 e. The van der Waals surface area contributed by atoms with Gasteiger partial charge < -0.3 is 25.4 Å². The summed E-state index contributed by atoms with van der Waals surface area (Å²) >= 11 is 1.41. The van der Waals surface area contributed by atoms with Gasteiger partial charge in [0, 0.05) is 29.9 Å². The second-order valence-corrected chi connectivity index (χ2v) is 9.59. The van der Waals surface area contributed by atoms with E-state index in [9.17, 15) is 19.5 Å². The fourth-order valence-corrected chi connectivity index (χ4v) is 5.21. The SMILES string of the molecule is O=C(NC[C@]1(O)CCOc2ccccc21)C(=O)Nc1ccc2c(c1)CCCN2C(=O)c1cccs1. The highest BCUT2D eigenvalue weighted by Crippen LogP contribution is 2.36. The molecule has 0 saturated carbocycles. The predicted octanol–water partition coefficient (Wildman–Crippen LogP) is 3.07. The highest BCUT2D eigenvalue weighted by molar-refractivity contribution is 7.12. The first kappa shape index (κ1) is 23.1. The number of carbonyl (C=O) groups is 3. The van der Waals surface area contributed by atoms with Crippen molar-refractivity contribution in [1.29, 1.82) is 0 Å². The van der Waals surface area contributed by atoms with Crippen LogP contribution < -0.4 is 20.3 Å². The average Bonchev–Trinajstić information content (AvgIpc) is 3.42. The molecule has 2 aromatic carbocycles. The van der Waals surface area contributed by atoms with Crippen molar-refractivity contribution in [3.63, 3.8) is 0 Å². The second-order valence-electron chi connectivity index (χ2n) is 8.64. The standard InChI is InChI=1S/C26H25N3O5S/c30-23(27-16-26(33)11-13-34-21-7-2-1-6-19(21)26)24(31)28-18-9-10-20-17(15-18)5-3-12-29(20)25(32)22-8-4-14-35-22/h1-2,4,6-10,14-15,33H,3,5,11-13,16H2,(H,27,30)(H,28,31)/t26-/m1/s1. The molecule has 0 saturated heterocycles. The van der Waals surface area contributed by atoms with Gasteiger partial charge in [-0.25, -0.2) is 0 Å². The number of nitrogens with one attached hydrogen (secondary N) is 2. The van der Waals surface area contributed by atoms with Crippen LogP contribution in [0.5, 0.6) is 5.75 Å². The molecule has 8 nitrogen and oxygen atoms in total. The molecule has 2 aliphatic rings. The van der Waals surface area contributed by atoms with E-state index < -0.39 is 17.4 Å². The summed E-state index contributed by atoms with van der Waals surface area (Å²) in [5.41, 5.74) is 1.51. The molecule has 0 unspecified atom stereocenters. The molecule has 0 radical (unpaired) electrons. The average molecular weight is 492 g/mol. The number of benzene rings is 2. The maximum atomic E-state index is 12.9. The fraction of sp³-hybridized carbons (Fsp3) is 0.269. The zero-order valence-electron chi connectivity index (χ0n) is 19.0. The summed E-state index contributed by atoms with van der Waals surface area (Å²) in [6.45, 7) is 0.843. The number of carbonyl (C=O) groups excluding carboxylic acids is 3. The second kappa shape index (κ2) is 9.52. The third-order valence-electron chi connectivity index (χ3n) is 6.34. The van der Waals surface area contributed by atoms with Gasteiger partial charge in [0.05, 0.1) is 18.0 Å². The van der Waals surface area contributed by atoms with Gasteiger partial charge in [-0.3, -0.25) is 14.4 Å². The van der Waals surface area contributed by atoms with Gasteiger partial charge in [0.15, 0.2) is 0 Å². The van der Waals surface area contributed by atoms with Crippen molar-refractivity contribution in [3.8, 4) is 5.75 Å². The maximum Gasteiger partial charge on any atom is 0.313 e. The van der Waals surface area contributed by atoms with E-state index in [0.29, 0.717) is 41.4 Å². The van der Waals surface area contributed by atoms with E-state index in [1.54, 1.807) is 41.3 Å². The predicted molar refractivity (Wildman–Crippen MR) is 133 cm³/mol. The van der Waals surface area contributed by atoms with Gasteiger partial charge in [-0.1, -0.05) is 24.3 Å². The van der Waals surface area contributed by atoms with E-state index >= 15 is 0 Å². The third kappa shape index (κ3) is 4.65. The van der Waals surface area contributed by atoms with E-state index in [-0.39, 0.29) is 12.5 Å². The summed E-state index contributed by atoms with van der Waals surface area (Å²) in [6, 6.07) is 16.1. The molecule has 1 atom stereocenters. The van der Waals surface area contributed by atoms with Crippen molar-refractivity contribution < 1.29 is 24.2 Å². The monoisotopic (exact) mass is 491 g/mol. The molecule has 0 bridgehead atoms. The Morgan fingerprint density at radius 2 is 1.94 bits per heavy atom. The summed E-state index contributed by atoms with van der Waals surface area (Å²) < 4.78 is 5.56. The topological polar surface area (TPSA) is 108 Å². The number of aliphatic hydroxyl groups is 1. The Morgan fingerprint density at radius 3 is 2.77 bits per heavy atom. The number of rotatable bonds is 4. The Balaban J connectivity index is 1.23. The molecule has 0 fully saturated rings. The fourth-order valence-electron chi connectivity index (χ4n) is 4.54. The normalized spacial score (nSPS) is 18.6. The molecule has 3 amide bonds. The van der Waals surface area contributed by atoms with Crippen LogP contribution in [-0.2, 0) is 21.6 Å². The molecule has 3 N–H and O–H groups in total. The summed E-state index contributed by atoms with van der Waals surface area (Å²) in [7, 11) is 0. The lowest BCUT2D eigenvalue weighted by Crippen LogP contribution is -2.46. The van der Waals surface area contributed by atoms with Gasteiger partial charge >= 0.3 is 11.8 Å². The molecule has 0 spiro atoms. The molecule has 180 valence electrons. The van der Waals surface area contributed by atoms with Crippen LogP contribution in [-0.4, -0.2) is 42.5 Å². The number of ether oxygens (including phenoxy) is 1. The lowest BCUT2D eigenvalue weighted by Gasteiger charge is -2.34. The van der Waals surface area contributed by atoms with Crippen LogP contribution in [0, 0.1) is 0 Å². The van der Waals surface area contributed by atoms with Crippen LogP contribution in [0.15, 0.2) is 60.0 Å². The number of hydrogen-bond donors (Lipinski definition) is 3. The Bertz CT molecular complexity index is 1280. The van der Waals surface area contributed by atoms with Gasteiger partial charge in [0.25, 0.3) is 5.91 Å². The third-order valence-corrected chi connectivity index (χ3v) is 7.20. The molecule has 0 aliphatic carbocycles. The number of aryl methyl sites for hydroxylation is 1. The molecule has 1 aromatic heterocycles. The summed E-state index contributed by atoms with van der Waals surface area (Å²) in [6.07, 6.45) is 1.89. The van der Waals surface area contributed by atoms with Gasteiger partial charge in [0.2, 0.25) is 0 Å². The van der Waals surface area contributed by atoms with E-state index in [1.807, 2.05) is 23.6 Å². The molecular formula is C26H25N3O5S. The van der Waals surface area contributed by atoms with E-state index in [1.165, 1.54) is 11.3 Å². The van der Waals surface area contributed by atoms with Crippen molar-refractivity contribution in [2.45, 2.75) is 24.9 Å². The van der Waals surface area contributed by atoms with Crippen LogP contribution in [0.25, 0.3) is 0 Å². The molecule has 3 aromatic rings. The van der Waals surface area contributed by atoms with E-state index in [0.717, 1.165) is 24.1 Å². The van der Waals surface area contributed by atoms with Crippen molar-refractivity contribution in [2.75, 3.05) is 29.9 Å². The zero-order valence-corrected chi connectivity index (χ0v) is 19.8. The van der Waals surface area contributed by atoms with Gasteiger partial charge in [0.1, 0.15) is 11.4 Å². The Kier molecular flexibility index (Phi) is 6.27. The number of para-hydroxylation sites is 1. The summed E-state index contributed by atoms with van der Waals surface area (Å²) in [5, 5.41) is 18.1. The van der Waals surface area contributed by atoms with Crippen molar-refractivity contribution >= 4 is 40.4 Å². The number of anilines is 2. The quantitative estimate of drug-likeness (QED) is 0.486. The summed E-state index contributed by atoms with van der Waals surface area (Å²) in [4.78, 5) is 40.3. The minimum atomic E-state index is -1.31. The Labute approximate surface area is 206 Å². The minimum absolute atomic E-state index is 0.0373. The molecule has 2 aliphatic heterocycles. The smallest absolute Gasteiger partial charge is 0.313 e. The van der Waals surface area contributed by atoms with Crippen LogP contribution >= 0.6 is 11.3 Å². The molecular weight excluding hydrogens is 466 g/mol. The van der Waals surface area contributed by atoms with Gasteiger partial charge in [-0.05, 0) is 54.1 Å². The Hall–Kier alpha value is -3.69. The number of hydrogen-bond acceptors (Lipinski definition) is 6. The van der Waals surface area contributed by atoms with Gasteiger partial charge in [-0.2, -0.15) is 0 Å². The highest BCUT2D eigenvalue weighted by Gasteiger charge is 2.36. The van der Waals surface area contributed by atoms with Crippen LogP contribution in [0.2, 0.25) is 0 Å². The number of nitrogens with zero attached hydrogens (tertiary/aromatic N) is 1. The highest BCUT2D eigenvalue weighted by atomic mass is 32.1. The molecule has 35 heavy (non-hydrogen) atoms.